The molecule has 0 aliphatic rings. The molecule has 2 amide bonds. The summed E-state index contributed by atoms with van der Waals surface area (Å²) in [5.41, 5.74) is 5.90. The lowest BCUT2D eigenvalue weighted by atomic mass is 10.1. The predicted octanol–water partition coefficient (Wildman–Crippen LogP) is 2.04. The van der Waals surface area contributed by atoms with Crippen molar-refractivity contribution in [1.29, 1.82) is 0 Å². The van der Waals surface area contributed by atoms with Crippen LogP contribution >= 0.6 is 0 Å². The summed E-state index contributed by atoms with van der Waals surface area (Å²) in [6.07, 6.45) is 0. The third kappa shape index (κ3) is 4.42. The van der Waals surface area contributed by atoms with E-state index in [9.17, 15) is 14.4 Å². The second kappa shape index (κ2) is 7.92. The molecule has 124 valence electrons. The van der Waals surface area contributed by atoms with Gasteiger partial charge in [-0.25, -0.2) is 0 Å². The molecule has 2 rings (SSSR count). The molecule has 2 aromatic rings. The molecule has 0 unspecified atom stereocenters. The van der Waals surface area contributed by atoms with E-state index >= 15 is 0 Å². The zero-order valence-corrected chi connectivity index (χ0v) is 13.5. The van der Waals surface area contributed by atoms with Crippen molar-refractivity contribution in [2.75, 3.05) is 6.61 Å². The first-order chi connectivity index (χ1) is 11.5. The van der Waals surface area contributed by atoms with Crippen LogP contribution in [-0.4, -0.2) is 24.2 Å². The number of Topliss-reactive ketones (excluding diaryl/α,β-unsaturated/α-hetero) is 1. The molecule has 2 aromatic carbocycles. The lowest BCUT2D eigenvalue weighted by Gasteiger charge is -2.08. The highest BCUT2D eigenvalue weighted by atomic mass is 16.5. The van der Waals surface area contributed by atoms with Gasteiger partial charge in [-0.15, -0.1) is 0 Å². The maximum atomic E-state index is 11.9. The van der Waals surface area contributed by atoms with Crippen LogP contribution in [0.1, 0.15) is 33.2 Å². The summed E-state index contributed by atoms with van der Waals surface area (Å²) in [4.78, 5) is 35.7. The number of hydrogen-bond acceptors (Lipinski definition) is 4. The first-order valence-electron chi connectivity index (χ1n) is 7.46. The van der Waals surface area contributed by atoms with E-state index in [4.69, 9.17) is 4.74 Å². The monoisotopic (exact) mass is 326 g/mol. The van der Waals surface area contributed by atoms with Crippen molar-refractivity contribution in [2.45, 2.75) is 13.8 Å². The van der Waals surface area contributed by atoms with Crippen molar-refractivity contribution in [1.82, 2.24) is 10.9 Å². The van der Waals surface area contributed by atoms with Crippen LogP contribution in [0.2, 0.25) is 0 Å². The Bertz CT molecular complexity index is 737. The minimum atomic E-state index is -0.905. The topological polar surface area (TPSA) is 84.5 Å². The Morgan fingerprint density at radius 1 is 0.875 bits per heavy atom. The summed E-state index contributed by atoms with van der Waals surface area (Å²) in [5, 5.41) is 0. The van der Waals surface area contributed by atoms with Gasteiger partial charge in [0.15, 0.2) is 0 Å². The molecule has 6 heteroatoms. The van der Waals surface area contributed by atoms with E-state index in [-0.39, 0.29) is 5.56 Å². The molecule has 0 spiro atoms. The largest absolute Gasteiger partial charge is 0.494 e. The number of hydrogen-bond donors (Lipinski definition) is 2. The third-order valence-corrected chi connectivity index (χ3v) is 3.24. The fourth-order valence-corrected chi connectivity index (χ4v) is 1.95. The number of hydrazine groups is 1. The molecule has 0 heterocycles. The standard InChI is InChI=1S/C18H18N2O4/c1-3-24-15-10-8-14(9-11-15)17(22)19-20-18(23)16(21)13-6-4-12(2)5-7-13/h4-11H,3H2,1-2H3,(H,19,22)(H,20,23). The van der Waals surface area contributed by atoms with E-state index in [1.807, 2.05) is 13.8 Å². The van der Waals surface area contributed by atoms with Crippen molar-refractivity contribution in [3.05, 3.63) is 65.2 Å². The molecular formula is C18H18N2O4. The Labute approximate surface area is 139 Å². The maximum absolute atomic E-state index is 11.9. The summed E-state index contributed by atoms with van der Waals surface area (Å²) in [6, 6.07) is 13.0. The Morgan fingerprint density at radius 2 is 1.46 bits per heavy atom. The Balaban J connectivity index is 1.91. The maximum Gasteiger partial charge on any atom is 0.310 e. The van der Waals surface area contributed by atoms with Crippen molar-refractivity contribution < 1.29 is 19.1 Å². The Morgan fingerprint density at radius 3 is 2.04 bits per heavy atom. The van der Waals surface area contributed by atoms with Gasteiger partial charge in [0, 0.05) is 11.1 Å². The molecule has 0 radical (unpaired) electrons. The number of amides is 2. The molecule has 24 heavy (non-hydrogen) atoms. The van der Waals surface area contributed by atoms with Crippen LogP contribution in [0.4, 0.5) is 0 Å². The molecule has 6 nitrogen and oxygen atoms in total. The molecule has 0 aliphatic carbocycles. The van der Waals surface area contributed by atoms with Crippen LogP contribution in [0, 0.1) is 6.92 Å². The predicted molar refractivity (Wildman–Crippen MR) is 88.7 cm³/mol. The van der Waals surface area contributed by atoms with Gasteiger partial charge < -0.3 is 4.74 Å². The van der Waals surface area contributed by atoms with Crippen LogP contribution in [0.25, 0.3) is 0 Å². The van der Waals surface area contributed by atoms with E-state index < -0.39 is 17.6 Å². The SMILES string of the molecule is CCOc1ccc(C(=O)NNC(=O)C(=O)c2ccc(C)cc2)cc1. The first kappa shape index (κ1) is 17.2. The molecule has 0 aromatic heterocycles. The highest BCUT2D eigenvalue weighted by Crippen LogP contribution is 2.11. The summed E-state index contributed by atoms with van der Waals surface area (Å²) >= 11 is 0. The number of rotatable bonds is 5. The zero-order valence-electron chi connectivity index (χ0n) is 13.5. The van der Waals surface area contributed by atoms with Gasteiger partial charge in [0.05, 0.1) is 6.61 Å². The van der Waals surface area contributed by atoms with Gasteiger partial charge in [-0.3, -0.25) is 25.2 Å². The fourth-order valence-electron chi connectivity index (χ4n) is 1.95. The molecule has 0 saturated heterocycles. The van der Waals surface area contributed by atoms with Gasteiger partial charge in [-0.05, 0) is 38.1 Å². The van der Waals surface area contributed by atoms with E-state index in [0.717, 1.165) is 5.56 Å². The van der Waals surface area contributed by atoms with Gasteiger partial charge >= 0.3 is 5.91 Å². The second-order valence-corrected chi connectivity index (χ2v) is 5.06. The smallest absolute Gasteiger partial charge is 0.310 e. The summed E-state index contributed by atoms with van der Waals surface area (Å²) in [6.45, 7) is 4.27. The lowest BCUT2D eigenvalue weighted by molar-refractivity contribution is -0.117. The summed E-state index contributed by atoms with van der Waals surface area (Å²) in [5.74, 6) is -1.50. The Hall–Kier alpha value is -3.15. The molecule has 0 saturated carbocycles. The van der Waals surface area contributed by atoms with Crippen molar-refractivity contribution >= 4 is 17.6 Å². The summed E-state index contributed by atoms with van der Waals surface area (Å²) < 4.78 is 5.28. The van der Waals surface area contributed by atoms with Crippen molar-refractivity contribution in [3.8, 4) is 5.75 Å². The number of nitrogens with one attached hydrogen (secondary N) is 2. The Kier molecular flexibility index (Phi) is 5.68. The van der Waals surface area contributed by atoms with Crippen molar-refractivity contribution in [2.24, 2.45) is 0 Å². The van der Waals surface area contributed by atoms with Gasteiger partial charge in [-0.2, -0.15) is 0 Å². The van der Waals surface area contributed by atoms with Crippen LogP contribution in [-0.2, 0) is 4.79 Å². The number of ketones is 1. The third-order valence-electron chi connectivity index (χ3n) is 3.24. The van der Waals surface area contributed by atoms with E-state index in [0.29, 0.717) is 17.9 Å². The van der Waals surface area contributed by atoms with E-state index in [1.54, 1.807) is 48.5 Å². The second-order valence-electron chi connectivity index (χ2n) is 5.06. The number of ether oxygens (including phenoxy) is 1. The quantitative estimate of drug-likeness (QED) is 0.500. The minimum absolute atomic E-state index is 0.258. The van der Waals surface area contributed by atoms with Gasteiger partial charge in [0.1, 0.15) is 5.75 Å². The van der Waals surface area contributed by atoms with Crippen LogP contribution in [0.5, 0.6) is 5.75 Å². The highest BCUT2D eigenvalue weighted by molar-refractivity contribution is 6.42. The molecule has 0 fully saturated rings. The molecule has 0 atom stereocenters. The van der Waals surface area contributed by atoms with Crippen LogP contribution in [0.3, 0.4) is 0 Å². The zero-order chi connectivity index (χ0) is 17.5. The molecule has 2 N–H and O–H groups in total. The number of benzene rings is 2. The van der Waals surface area contributed by atoms with Gasteiger partial charge in [0.2, 0.25) is 0 Å². The van der Waals surface area contributed by atoms with Gasteiger partial charge in [-0.1, -0.05) is 29.8 Å². The van der Waals surface area contributed by atoms with E-state index in [2.05, 4.69) is 10.9 Å². The number of aryl methyl sites for hydroxylation is 1. The van der Waals surface area contributed by atoms with Crippen molar-refractivity contribution in [3.63, 3.8) is 0 Å². The number of carbonyl (C=O) groups excluding carboxylic acids is 3. The first-order valence-corrected chi connectivity index (χ1v) is 7.46. The highest BCUT2D eigenvalue weighted by Gasteiger charge is 2.17. The minimum Gasteiger partial charge on any atom is -0.494 e. The fraction of sp³-hybridized carbons (Fsp3) is 0.167. The normalized spacial score (nSPS) is 9.92. The average Bonchev–Trinajstić information content (AvgIpc) is 2.60. The molecule has 0 aliphatic heterocycles. The van der Waals surface area contributed by atoms with E-state index in [1.165, 1.54) is 0 Å². The van der Waals surface area contributed by atoms with Crippen LogP contribution < -0.4 is 15.6 Å². The molecular weight excluding hydrogens is 308 g/mol. The lowest BCUT2D eigenvalue weighted by Crippen LogP contribution is -2.44. The number of carbonyl (C=O) groups is 3. The molecule has 0 bridgehead atoms. The van der Waals surface area contributed by atoms with Gasteiger partial charge in [0.25, 0.3) is 11.7 Å². The summed E-state index contributed by atoms with van der Waals surface area (Å²) in [7, 11) is 0. The van der Waals surface area contributed by atoms with Crippen LogP contribution in [0.15, 0.2) is 48.5 Å². The average molecular weight is 326 g/mol.